The summed E-state index contributed by atoms with van der Waals surface area (Å²) in [5.74, 6) is 0.528. The fourth-order valence-corrected chi connectivity index (χ4v) is 2.42. The Kier molecular flexibility index (Phi) is 3.78. The third kappa shape index (κ3) is 2.44. The normalized spacial score (nSPS) is 12.4. The first-order chi connectivity index (χ1) is 8.65. The second kappa shape index (κ2) is 5.32. The Morgan fingerprint density at radius 2 is 2.22 bits per heavy atom. The highest BCUT2D eigenvalue weighted by atomic mass is 32.1. The Labute approximate surface area is 109 Å². The molecule has 2 rings (SSSR count). The Morgan fingerprint density at radius 1 is 1.44 bits per heavy atom. The topological polar surface area (TPSA) is 81.3 Å². The van der Waals surface area contributed by atoms with Crippen molar-refractivity contribution in [3.8, 4) is 22.1 Å². The molecule has 1 atom stereocenters. The number of methoxy groups -OCH3 is 1. The van der Waals surface area contributed by atoms with Crippen LogP contribution < -0.4 is 10.5 Å². The summed E-state index contributed by atoms with van der Waals surface area (Å²) >= 11 is 1.44. The van der Waals surface area contributed by atoms with Crippen molar-refractivity contribution in [3.63, 3.8) is 0 Å². The first-order valence-electron chi connectivity index (χ1n) is 5.62. The van der Waals surface area contributed by atoms with Crippen molar-refractivity contribution in [2.75, 3.05) is 7.11 Å². The molecule has 0 aliphatic carbocycles. The van der Waals surface area contributed by atoms with E-state index in [0.29, 0.717) is 5.75 Å². The van der Waals surface area contributed by atoms with Crippen molar-refractivity contribution >= 4 is 11.3 Å². The molecular weight excluding hydrogens is 250 g/mol. The van der Waals surface area contributed by atoms with E-state index in [1.807, 2.05) is 13.0 Å². The molecule has 0 saturated heterocycles. The molecule has 1 unspecified atom stereocenters. The number of phenolic OH excluding ortho intramolecular Hbond substituents is 1. The van der Waals surface area contributed by atoms with E-state index in [1.165, 1.54) is 18.4 Å². The summed E-state index contributed by atoms with van der Waals surface area (Å²) in [7, 11) is 1.51. The van der Waals surface area contributed by atoms with E-state index in [2.05, 4.69) is 10.2 Å². The van der Waals surface area contributed by atoms with Crippen molar-refractivity contribution in [3.05, 3.63) is 23.2 Å². The van der Waals surface area contributed by atoms with Gasteiger partial charge in [0, 0.05) is 5.56 Å². The molecule has 0 spiro atoms. The van der Waals surface area contributed by atoms with Gasteiger partial charge in [-0.25, -0.2) is 0 Å². The van der Waals surface area contributed by atoms with Gasteiger partial charge in [-0.2, -0.15) is 0 Å². The summed E-state index contributed by atoms with van der Waals surface area (Å²) < 4.78 is 4.99. The van der Waals surface area contributed by atoms with Crippen LogP contribution in [0, 0.1) is 0 Å². The molecule has 96 valence electrons. The summed E-state index contributed by atoms with van der Waals surface area (Å²) in [6.07, 6.45) is 0.822. The second-order valence-corrected chi connectivity index (χ2v) is 4.86. The van der Waals surface area contributed by atoms with Gasteiger partial charge in [-0.1, -0.05) is 18.3 Å². The van der Waals surface area contributed by atoms with Gasteiger partial charge in [-0.15, -0.1) is 10.2 Å². The Bertz CT molecular complexity index is 542. The van der Waals surface area contributed by atoms with Crippen LogP contribution in [0.4, 0.5) is 0 Å². The zero-order valence-electron chi connectivity index (χ0n) is 10.3. The van der Waals surface area contributed by atoms with E-state index in [4.69, 9.17) is 10.5 Å². The Balaban J connectivity index is 2.31. The fourth-order valence-electron chi connectivity index (χ4n) is 1.50. The monoisotopic (exact) mass is 265 g/mol. The van der Waals surface area contributed by atoms with E-state index in [-0.39, 0.29) is 11.8 Å². The summed E-state index contributed by atoms with van der Waals surface area (Å²) in [6, 6.07) is 5.06. The maximum atomic E-state index is 9.72. The van der Waals surface area contributed by atoms with Crippen molar-refractivity contribution < 1.29 is 9.84 Å². The van der Waals surface area contributed by atoms with E-state index in [1.54, 1.807) is 12.1 Å². The molecule has 0 aliphatic heterocycles. The van der Waals surface area contributed by atoms with Gasteiger partial charge in [-0.3, -0.25) is 0 Å². The number of aromatic hydroxyl groups is 1. The molecule has 5 nitrogen and oxygen atoms in total. The molecule has 1 aromatic heterocycles. The quantitative estimate of drug-likeness (QED) is 0.886. The van der Waals surface area contributed by atoms with Crippen LogP contribution in [-0.4, -0.2) is 22.4 Å². The number of rotatable bonds is 4. The van der Waals surface area contributed by atoms with Gasteiger partial charge in [0.05, 0.1) is 13.2 Å². The molecule has 1 heterocycles. The standard InChI is InChI=1S/C12H15N3O2S/c1-3-8(13)12-15-14-11(18-12)7-4-5-10(17-2)9(16)6-7/h4-6,8,16H,3,13H2,1-2H3. The average molecular weight is 265 g/mol. The number of nitrogens with two attached hydrogens (primary N) is 1. The first kappa shape index (κ1) is 12.8. The van der Waals surface area contributed by atoms with Crippen molar-refractivity contribution in [1.29, 1.82) is 0 Å². The zero-order chi connectivity index (χ0) is 13.1. The number of aromatic nitrogens is 2. The SMILES string of the molecule is CCC(N)c1nnc(-c2ccc(OC)c(O)c2)s1. The highest BCUT2D eigenvalue weighted by Gasteiger charge is 2.13. The van der Waals surface area contributed by atoms with E-state index < -0.39 is 0 Å². The molecule has 0 aliphatic rings. The number of ether oxygens (including phenoxy) is 1. The van der Waals surface area contributed by atoms with Gasteiger partial charge >= 0.3 is 0 Å². The molecule has 6 heteroatoms. The number of nitrogens with zero attached hydrogens (tertiary/aromatic N) is 2. The predicted molar refractivity (Wildman–Crippen MR) is 70.8 cm³/mol. The van der Waals surface area contributed by atoms with E-state index >= 15 is 0 Å². The van der Waals surface area contributed by atoms with Gasteiger partial charge < -0.3 is 15.6 Å². The number of phenols is 1. The van der Waals surface area contributed by atoms with Gasteiger partial charge in [0.1, 0.15) is 10.0 Å². The van der Waals surface area contributed by atoms with Gasteiger partial charge in [-0.05, 0) is 24.6 Å². The Hall–Kier alpha value is -1.66. The van der Waals surface area contributed by atoms with Crippen LogP contribution in [-0.2, 0) is 0 Å². The molecule has 0 saturated carbocycles. The highest BCUT2D eigenvalue weighted by molar-refractivity contribution is 7.14. The molecular formula is C12H15N3O2S. The van der Waals surface area contributed by atoms with Crippen LogP contribution >= 0.6 is 11.3 Å². The summed E-state index contributed by atoms with van der Waals surface area (Å²) in [5, 5.41) is 19.4. The van der Waals surface area contributed by atoms with Crippen molar-refractivity contribution in [2.24, 2.45) is 5.73 Å². The summed E-state index contributed by atoms with van der Waals surface area (Å²) in [4.78, 5) is 0. The number of hydrogen-bond donors (Lipinski definition) is 2. The third-order valence-electron chi connectivity index (χ3n) is 2.62. The molecule has 18 heavy (non-hydrogen) atoms. The predicted octanol–water partition coefficient (Wildman–Crippen LogP) is 2.33. The smallest absolute Gasteiger partial charge is 0.160 e. The lowest BCUT2D eigenvalue weighted by Gasteiger charge is -2.04. The molecule has 0 bridgehead atoms. The molecule has 1 aromatic carbocycles. The summed E-state index contributed by atoms with van der Waals surface area (Å²) in [6.45, 7) is 2.00. The van der Waals surface area contributed by atoms with Crippen molar-refractivity contribution in [1.82, 2.24) is 10.2 Å². The molecule has 2 aromatic rings. The number of benzene rings is 1. The lowest BCUT2D eigenvalue weighted by atomic mass is 10.2. The average Bonchev–Trinajstić information content (AvgIpc) is 2.87. The third-order valence-corrected chi connectivity index (χ3v) is 3.73. The lowest BCUT2D eigenvalue weighted by Crippen LogP contribution is -2.07. The fraction of sp³-hybridized carbons (Fsp3) is 0.333. The van der Waals surface area contributed by atoms with Gasteiger partial charge in [0.2, 0.25) is 0 Å². The van der Waals surface area contributed by atoms with Crippen LogP contribution in [0.3, 0.4) is 0 Å². The minimum atomic E-state index is -0.0805. The molecule has 0 fully saturated rings. The largest absolute Gasteiger partial charge is 0.504 e. The van der Waals surface area contributed by atoms with E-state index in [9.17, 15) is 5.11 Å². The van der Waals surface area contributed by atoms with Crippen LogP contribution in [0.5, 0.6) is 11.5 Å². The van der Waals surface area contributed by atoms with Crippen LogP contribution in [0.15, 0.2) is 18.2 Å². The minimum absolute atomic E-state index is 0.0805. The van der Waals surface area contributed by atoms with Gasteiger partial charge in [0.25, 0.3) is 0 Å². The molecule has 0 radical (unpaired) electrons. The molecule has 3 N–H and O–H groups in total. The van der Waals surface area contributed by atoms with Crippen LogP contribution in [0.2, 0.25) is 0 Å². The zero-order valence-corrected chi connectivity index (χ0v) is 11.1. The van der Waals surface area contributed by atoms with Crippen LogP contribution in [0.1, 0.15) is 24.4 Å². The maximum absolute atomic E-state index is 9.72. The molecule has 0 amide bonds. The number of hydrogen-bond acceptors (Lipinski definition) is 6. The lowest BCUT2D eigenvalue weighted by molar-refractivity contribution is 0.373. The Morgan fingerprint density at radius 3 is 2.83 bits per heavy atom. The highest BCUT2D eigenvalue weighted by Crippen LogP contribution is 2.33. The van der Waals surface area contributed by atoms with E-state index in [0.717, 1.165) is 22.0 Å². The van der Waals surface area contributed by atoms with Crippen molar-refractivity contribution in [2.45, 2.75) is 19.4 Å². The van der Waals surface area contributed by atoms with Gasteiger partial charge in [0.15, 0.2) is 11.5 Å². The summed E-state index contributed by atoms with van der Waals surface area (Å²) in [5.41, 5.74) is 6.71. The minimum Gasteiger partial charge on any atom is -0.504 e. The second-order valence-electron chi connectivity index (χ2n) is 3.85. The van der Waals surface area contributed by atoms with Crippen LogP contribution in [0.25, 0.3) is 10.6 Å². The maximum Gasteiger partial charge on any atom is 0.160 e. The first-order valence-corrected chi connectivity index (χ1v) is 6.43.